The Kier molecular flexibility index (Phi) is 1.79. The van der Waals surface area contributed by atoms with Crippen LogP contribution < -0.4 is 10.6 Å². The summed E-state index contributed by atoms with van der Waals surface area (Å²) in [6.45, 7) is 0. The van der Waals surface area contributed by atoms with Crippen LogP contribution in [0, 0.1) is 0 Å². The Morgan fingerprint density at radius 1 is 1.45 bits per heavy atom. The van der Waals surface area contributed by atoms with Crippen LogP contribution >= 0.6 is 0 Å². The third kappa shape index (κ3) is 1.89. The third-order valence-electron chi connectivity index (χ3n) is 1.05. The average Bonchev–Trinajstić information content (AvgIpc) is 1.86. The monoisotopic (exact) mass is 174 g/mol. The summed E-state index contributed by atoms with van der Waals surface area (Å²) in [5, 5.41) is 4.45. The molecule has 60 valence electrons. The summed E-state index contributed by atoms with van der Waals surface area (Å²) in [5.74, 6) is 0. The Bertz CT molecular complexity index is 406. The van der Waals surface area contributed by atoms with Crippen LogP contribution in [0.2, 0.25) is 0 Å². The van der Waals surface area contributed by atoms with E-state index < -0.39 is 15.5 Å². The maximum absolute atomic E-state index is 10.6. The minimum Gasteiger partial charge on any atom is -0.351 e. The van der Waals surface area contributed by atoms with Crippen molar-refractivity contribution in [2.24, 2.45) is 5.14 Å². The molecule has 6 heteroatoms. The van der Waals surface area contributed by atoms with Gasteiger partial charge in [0.15, 0.2) is 10.5 Å². The molecule has 0 aliphatic rings. The van der Waals surface area contributed by atoms with E-state index in [1.54, 1.807) is 0 Å². The number of H-pyrrole nitrogens is 1. The number of hydrogen-bond donors (Lipinski definition) is 2. The molecular weight excluding hydrogens is 168 g/mol. The Balaban J connectivity index is 3.40. The molecule has 0 fully saturated rings. The Hall–Kier alpha value is -1.14. The van der Waals surface area contributed by atoms with Crippen molar-refractivity contribution in [2.75, 3.05) is 0 Å². The molecule has 0 spiro atoms. The van der Waals surface area contributed by atoms with Crippen molar-refractivity contribution in [1.82, 2.24) is 4.98 Å². The van der Waals surface area contributed by atoms with Crippen LogP contribution in [0.3, 0.4) is 0 Å². The first-order chi connectivity index (χ1) is 5.00. The van der Waals surface area contributed by atoms with Gasteiger partial charge < -0.3 is 4.98 Å². The van der Waals surface area contributed by atoms with Gasteiger partial charge in [0.2, 0.25) is 0 Å². The molecule has 1 heterocycles. The van der Waals surface area contributed by atoms with Gasteiger partial charge in [-0.1, -0.05) is 0 Å². The lowest BCUT2D eigenvalue weighted by Gasteiger charge is -1.94. The molecule has 3 N–H and O–H groups in total. The van der Waals surface area contributed by atoms with Gasteiger partial charge in [-0.15, -0.1) is 0 Å². The van der Waals surface area contributed by atoms with Gasteiger partial charge >= 0.3 is 0 Å². The second-order valence-electron chi connectivity index (χ2n) is 1.93. The van der Waals surface area contributed by atoms with Crippen molar-refractivity contribution in [1.29, 1.82) is 0 Å². The molecule has 0 atom stereocenters. The molecule has 1 aromatic heterocycles. The highest BCUT2D eigenvalue weighted by molar-refractivity contribution is 7.89. The van der Waals surface area contributed by atoms with Crippen molar-refractivity contribution in [3.8, 4) is 0 Å². The summed E-state index contributed by atoms with van der Waals surface area (Å²) in [6.07, 6.45) is 1.22. The van der Waals surface area contributed by atoms with Crippen LogP contribution in [-0.4, -0.2) is 13.4 Å². The Morgan fingerprint density at radius 3 is 2.45 bits per heavy atom. The first kappa shape index (κ1) is 7.96. The Labute approximate surface area is 62.9 Å². The van der Waals surface area contributed by atoms with Gasteiger partial charge in [0.1, 0.15) is 0 Å². The highest BCUT2D eigenvalue weighted by Gasteiger charge is 2.06. The largest absolute Gasteiger partial charge is 0.351 e. The average molecular weight is 174 g/mol. The number of sulfonamides is 1. The fraction of sp³-hybridized carbons (Fsp3) is 0. The van der Waals surface area contributed by atoms with Crippen molar-refractivity contribution in [3.63, 3.8) is 0 Å². The lowest BCUT2D eigenvalue weighted by atomic mass is 10.5. The maximum atomic E-state index is 10.6. The molecular formula is C5H6N2O3S. The second-order valence-corrected chi connectivity index (χ2v) is 3.46. The predicted molar refractivity (Wildman–Crippen MR) is 38.4 cm³/mol. The van der Waals surface area contributed by atoms with Crippen molar-refractivity contribution >= 4 is 10.0 Å². The molecule has 1 aromatic rings. The maximum Gasteiger partial charge on any atom is 0.253 e. The molecule has 0 aromatic carbocycles. The Morgan fingerprint density at radius 2 is 2.09 bits per heavy atom. The minimum absolute atomic E-state index is 0.273. The summed E-state index contributed by atoms with van der Waals surface area (Å²) < 4.78 is 21.2. The van der Waals surface area contributed by atoms with E-state index in [2.05, 4.69) is 4.98 Å². The third-order valence-corrected chi connectivity index (χ3v) is 1.90. The van der Waals surface area contributed by atoms with E-state index in [0.29, 0.717) is 0 Å². The zero-order chi connectivity index (χ0) is 8.48. The number of aromatic nitrogens is 1. The van der Waals surface area contributed by atoms with E-state index in [9.17, 15) is 13.2 Å². The number of rotatable bonds is 1. The predicted octanol–water partition coefficient (Wildman–Crippen LogP) is -0.978. The summed E-state index contributed by atoms with van der Waals surface area (Å²) >= 11 is 0. The van der Waals surface area contributed by atoms with Crippen LogP contribution in [0.5, 0.6) is 0 Å². The SMILES string of the molecule is NS(=O)(=O)c1cc(=O)cc[nH]1. The van der Waals surface area contributed by atoms with E-state index >= 15 is 0 Å². The molecule has 0 saturated heterocycles. The molecule has 0 saturated carbocycles. The molecule has 0 unspecified atom stereocenters. The molecule has 0 aliphatic carbocycles. The smallest absolute Gasteiger partial charge is 0.253 e. The molecule has 11 heavy (non-hydrogen) atoms. The highest BCUT2D eigenvalue weighted by atomic mass is 32.2. The van der Waals surface area contributed by atoms with Crippen molar-refractivity contribution < 1.29 is 8.42 Å². The molecule has 0 radical (unpaired) electrons. The van der Waals surface area contributed by atoms with Gasteiger partial charge in [-0.25, -0.2) is 13.6 Å². The summed E-state index contributed by atoms with van der Waals surface area (Å²) in [4.78, 5) is 12.9. The zero-order valence-electron chi connectivity index (χ0n) is 5.44. The second kappa shape index (κ2) is 2.48. The van der Waals surface area contributed by atoms with Gasteiger partial charge in [0, 0.05) is 18.3 Å². The summed E-state index contributed by atoms with van der Waals surface area (Å²) in [5.41, 5.74) is -0.396. The van der Waals surface area contributed by atoms with E-state index in [0.717, 1.165) is 6.07 Å². The normalized spacial score (nSPS) is 11.4. The lowest BCUT2D eigenvalue weighted by Crippen LogP contribution is -2.16. The molecule has 0 amide bonds. The quantitative estimate of drug-likeness (QED) is 0.573. The number of pyridine rings is 1. The lowest BCUT2D eigenvalue weighted by molar-refractivity contribution is 0.594. The molecule has 0 aliphatic heterocycles. The van der Waals surface area contributed by atoms with E-state index in [1.165, 1.54) is 12.3 Å². The van der Waals surface area contributed by atoms with Crippen LogP contribution in [-0.2, 0) is 10.0 Å². The first-order valence-electron chi connectivity index (χ1n) is 2.72. The minimum atomic E-state index is -3.78. The fourth-order valence-corrected chi connectivity index (χ4v) is 1.10. The van der Waals surface area contributed by atoms with Crippen molar-refractivity contribution in [2.45, 2.75) is 5.03 Å². The van der Waals surface area contributed by atoms with Crippen LogP contribution in [0.1, 0.15) is 0 Å². The van der Waals surface area contributed by atoms with Crippen molar-refractivity contribution in [3.05, 3.63) is 28.6 Å². The standard InChI is InChI=1S/C5H6N2O3S/c6-11(9,10)5-3-4(8)1-2-7-5/h1-3H,(H,7,8)(H2,6,9,10). The number of hydrogen-bond acceptors (Lipinski definition) is 3. The van der Waals surface area contributed by atoms with Gasteiger partial charge in [-0.3, -0.25) is 4.79 Å². The van der Waals surface area contributed by atoms with E-state index in [4.69, 9.17) is 5.14 Å². The van der Waals surface area contributed by atoms with Gasteiger partial charge in [0.25, 0.3) is 10.0 Å². The molecule has 1 rings (SSSR count). The summed E-state index contributed by atoms with van der Waals surface area (Å²) in [7, 11) is -3.78. The van der Waals surface area contributed by atoms with Crippen LogP contribution in [0.4, 0.5) is 0 Å². The zero-order valence-corrected chi connectivity index (χ0v) is 6.26. The number of nitrogens with two attached hydrogens (primary N) is 1. The molecule has 5 nitrogen and oxygen atoms in total. The number of nitrogens with one attached hydrogen (secondary N) is 1. The van der Waals surface area contributed by atoms with Gasteiger partial charge in [0.05, 0.1) is 0 Å². The van der Waals surface area contributed by atoms with Crippen LogP contribution in [0.15, 0.2) is 28.2 Å². The topological polar surface area (TPSA) is 93.0 Å². The number of aromatic amines is 1. The number of primary sulfonamides is 1. The van der Waals surface area contributed by atoms with E-state index in [1.807, 2.05) is 0 Å². The highest BCUT2D eigenvalue weighted by Crippen LogP contribution is 1.94. The van der Waals surface area contributed by atoms with Gasteiger partial charge in [-0.05, 0) is 0 Å². The van der Waals surface area contributed by atoms with Crippen LogP contribution in [0.25, 0.3) is 0 Å². The summed E-state index contributed by atoms with van der Waals surface area (Å²) in [6, 6.07) is 2.13. The van der Waals surface area contributed by atoms with Gasteiger partial charge in [-0.2, -0.15) is 0 Å². The fourth-order valence-electron chi connectivity index (χ4n) is 0.589. The molecule has 0 bridgehead atoms. The first-order valence-corrected chi connectivity index (χ1v) is 4.26. The van der Waals surface area contributed by atoms with E-state index in [-0.39, 0.29) is 5.03 Å².